The molecule has 0 unspecified atom stereocenters. The molecule has 0 bridgehead atoms. The largest absolute Gasteiger partial charge is 0.398 e. The fourth-order valence-corrected chi connectivity index (χ4v) is 3.22. The molecule has 3 N–H and O–H groups in total. The Hall–Kier alpha value is -1.11. The molecule has 0 saturated heterocycles. The highest BCUT2D eigenvalue weighted by Gasteiger charge is 2.32. The molecule has 5 nitrogen and oxygen atoms in total. The Labute approximate surface area is 107 Å². The highest BCUT2D eigenvalue weighted by molar-refractivity contribution is 7.89. The summed E-state index contributed by atoms with van der Waals surface area (Å²) < 4.78 is 31.9. The van der Waals surface area contributed by atoms with Crippen LogP contribution in [0.15, 0.2) is 23.1 Å². The molecule has 6 heteroatoms. The summed E-state index contributed by atoms with van der Waals surface area (Å²) >= 11 is 0. The molecule has 100 valence electrons. The van der Waals surface area contributed by atoms with E-state index < -0.39 is 10.0 Å². The minimum absolute atomic E-state index is 0.0394. The van der Waals surface area contributed by atoms with Crippen molar-refractivity contribution in [2.75, 3.05) is 12.8 Å². The molecule has 0 spiro atoms. The number of anilines is 1. The fourth-order valence-electron chi connectivity index (χ4n) is 1.93. The SMILES string of the molecule is COC1CC(NS(=O)(=O)c2ccc(C)c(N)c2)C1. The summed E-state index contributed by atoms with van der Waals surface area (Å²) in [6.45, 7) is 1.84. The van der Waals surface area contributed by atoms with E-state index in [1.54, 1.807) is 19.2 Å². The maximum atomic E-state index is 12.1. The quantitative estimate of drug-likeness (QED) is 0.801. The lowest BCUT2D eigenvalue weighted by Gasteiger charge is -2.34. The van der Waals surface area contributed by atoms with Crippen LogP contribution in [0, 0.1) is 6.92 Å². The molecular formula is C12H18N2O3S. The van der Waals surface area contributed by atoms with Crippen molar-refractivity contribution in [3.05, 3.63) is 23.8 Å². The number of ether oxygens (including phenoxy) is 1. The van der Waals surface area contributed by atoms with Gasteiger partial charge in [0, 0.05) is 18.8 Å². The molecule has 1 saturated carbocycles. The molecule has 2 rings (SSSR count). The predicted octanol–water partition coefficient (Wildman–Crippen LogP) is 1.03. The van der Waals surface area contributed by atoms with Gasteiger partial charge in [0.25, 0.3) is 0 Å². The van der Waals surface area contributed by atoms with Gasteiger partial charge < -0.3 is 10.5 Å². The van der Waals surface area contributed by atoms with E-state index in [-0.39, 0.29) is 17.0 Å². The minimum Gasteiger partial charge on any atom is -0.398 e. The Morgan fingerprint density at radius 3 is 2.61 bits per heavy atom. The van der Waals surface area contributed by atoms with Gasteiger partial charge in [-0.1, -0.05) is 6.07 Å². The maximum absolute atomic E-state index is 12.1. The first-order valence-corrected chi connectivity index (χ1v) is 7.32. The lowest BCUT2D eigenvalue weighted by molar-refractivity contribution is 0.0236. The van der Waals surface area contributed by atoms with Crippen LogP contribution in [0.2, 0.25) is 0 Å². The van der Waals surface area contributed by atoms with E-state index in [2.05, 4.69) is 4.72 Å². The summed E-state index contributed by atoms with van der Waals surface area (Å²) in [5.74, 6) is 0. The molecule has 0 heterocycles. The van der Waals surface area contributed by atoms with Crippen molar-refractivity contribution in [1.29, 1.82) is 0 Å². The monoisotopic (exact) mass is 270 g/mol. The van der Waals surface area contributed by atoms with Crippen molar-refractivity contribution in [2.45, 2.75) is 36.8 Å². The highest BCUT2D eigenvalue weighted by atomic mass is 32.2. The van der Waals surface area contributed by atoms with Gasteiger partial charge in [-0.25, -0.2) is 13.1 Å². The Balaban J connectivity index is 2.09. The molecule has 1 aromatic rings. The van der Waals surface area contributed by atoms with Crippen LogP contribution < -0.4 is 10.5 Å². The second kappa shape index (κ2) is 4.87. The van der Waals surface area contributed by atoms with Crippen LogP contribution in [-0.4, -0.2) is 27.7 Å². The lowest BCUT2D eigenvalue weighted by atomic mass is 9.90. The van der Waals surface area contributed by atoms with Crippen molar-refractivity contribution >= 4 is 15.7 Å². The molecule has 0 aromatic heterocycles. The van der Waals surface area contributed by atoms with Crippen molar-refractivity contribution in [1.82, 2.24) is 4.72 Å². The van der Waals surface area contributed by atoms with Gasteiger partial charge >= 0.3 is 0 Å². The first kappa shape index (κ1) is 13.3. The van der Waals surface area contributed by atoms with Crippen LogP contribution in [0.25, 0.3) is 0 Å². The van der Waals surface area contributed by atoms with Crippen LogP contribution >= 0.6 is 0 Å². The normalized spacial score (nSPS) is 23.7. The number of methoxy groups -OCH3 is 1. The molecule has 0 radical (unpaired) electrons. The van der Waals surface area contributed by atoms with Crippen LogP contribution in [0.1, 0.15) is 18.4 Å². The van der Waals surface area contributed by atoms with Crippen LogP contribution in [0.5, 0.6) is 0 Å². The van der Waals surface area contributed by atoms with Gasteiger partial charge in [0.05, 0.1) is 11.0 Å². The van der Waals surface area contributed by atoms with Gasteiger partial charge in [0.2, 0.25) is 10.0 Å². The number of nitrogens with one attached hydrogen (secondary N) is 1. The smallest absolute Gasteiger partial charge is 0.240 e. The van der Waals surface area contributed by atoms with E-state index in [1.165, 1.54) is 6.07 Å². The number of sulfonamides is 1. The van der Waals surface area contributed by atoms with Gasteiger partial charge in [-0.05, 0) is 37.5 Å². The highest BCUT2D eigenvalue weighted by Crippen LogP contribution is 2.25. The van der Waals surface area contributed by atoms with Gasteiger partial charge in [0.15, 0.2) is 0 Å². The second-order valence-electron chi connectivity index (χ2n) is 4.67. The number of aryl methyl sites for hydroxylation is 1. The summed E-state index contributed by atoms with van der Waals surface area (Å²) in [5.41, 5.74) is 7.09. The summed E-state index contributed by atoms with van der Waals surface area (Å²) in [4.78, 5) is 0.214. The topological polar surface area (TPSA) is 81.4 Å². The van der Waals surface area contributed by atoms with Gasteiger partial charge in [-0.2, -0.15) is 0 Å². The number of nitrogen functional groups attached to an aromatic ring is 1. The minimum atomic E-state index is -3.48. The number of rotatable bonds is 4. The summed E-state index contributed by atoms with van der Waals surface area (Å²) in [6, 6.07) is 4.73. The van der Waals surface area contributed by atoms with E-state index in [4.69, 9.17) is 10.5 Å². The first-order chi connectivity index (χ1) is 8.42. The fraction of sp³-hybridized carbons (Fsp3) is 0.500. The van der Waals surface area contributed by atoms with Crippen LogP contribution in [0.3, 0.4) is 0 Å². The third-order valence-electron chi connectivity index (χ3n) is 3.31. The zero-order valence-electron chi connectivity index (χ0n) is 10.5. The summed E-state index contributed by atoms with van der Waals surface area (Å²) in [6.07, 6.45) is 1.61. The number of hydrogen-bond donors (Lipinski definition) is 2. The third kappa shape index (κ3) is 2.66. The van der Waals surface area contributed by atoms with Gasteiger partial charge in [-0.3, -0.25) is 0 Å². The van der Waals surface area contributed by atoms with E-state index in [9.17, 15) is 8.42 Å². The molecular weight excluding hydrogens is 252 g/mol. The van der Waals surface area contributed by atoms with Crippen LogP contribution in [-0.2, 0) is 14.8 Å². The van der Waals surface area contributed by atoms with Gasteiger partial charge in [-0.15, -0.1) is 0 Å². The molecule has 0 aliphatic heterocycles. The molecule has 1 aliphatic carbocycles. The molecule has 0 atom stereocenters. The lowest BCUT2D eigenvalue weighted by Crippen LogP contribution is -2.47. The molecule has 1 aromatic carbocycles. The molecule has 0 amide bonds. The summed E-state index contributed by atoms with van der Waals surface area (Å²) in [7, 11) is -1.84. The molecule has 18 heavy (non-hydrogen) atoms. The number of benzene rings is 1. The predicted molar refractivity (Wildman–Crippen MR) is 69.7 cm³/mol. The zero-order valence-corrected chi connectivity index (χ0v) is 11.3. The van der Waals surface area contributed by atoms with Crippen LogP contribution in [0.4, 0.5) is 5.69 Å². The standard InChI is InChI=1S/C12H18N2O3S/c1-8-3-4-11(7-12(8)13)18(15,16)14-9-5-10(6-9)17-2/h3-4,7,9-10,14H,5-6,13H2,1-2H3. The Kier molecular flexibility index (Phi) is 3.61. The summed E-state index contributed by atoms with van der Waals surface area (Å²) in [5, 5.41) is 0. The molecule has 1 fully saturated rings. The van der Waals surface area contributed by atoms with Crippen molar-refractivity contribution in [2.24, 2.45) is 0 Å². The van der Waals surface area contributed by atoms with Crippen molar-refractivity contribution in [3.8, 4) is 0 Å². The average Bonchev–Trinajstić information content (AvgIpc) is 2.26. The number of nitrogens with two attached hydrogens (primary N) is 1. The average molecular weight is 270 g/mol. The Morgan fingerprint density at radius 1 is 1.39 bits per heavy atom. The van der Waals surface area contributed by atoms with E-state index in [0.717, 1.165) is 18.4 Å². The van der Waals surface area contributed by atoms with E-state index in [0.29, 0.717) is 5.69 Å². The Morgan fingerprint density at radius 2 is 2.06 bits per heavy atom. The van der Waals surface area contributed by atoms with E-state index in [1.807, 2.05) is 6.92 Å². The van der Waals surface area contributed by atoms with Crippen molar-refractivity contribution < 1.29 is 13.2 Å². The third-order valence-corrected chi connectivity index (χ3v) is 4.83. The van der Waals surface area contributed by atoms with Gasteiger partial charge in [0.1, 0.15) is 0 Å². The Bertz CT molecular complexity index is 536. The zero-order chi connectivity index (χ0) is 13.3. The number of hydrogen-bond acceptors (Lipinski definition) is 4. The van der Waals surface area contributed by atoms with Crippen molar-refractivity contribution in [3.63, 3.8) is 0 Å². The second-order valence-corrected chi connectivity index (χ2v) is 6.38. The first-order valence-electron chi connectivity index (χ1n) is 5.83. The van der Waals surface area contributed by atoms with E-state index >= 15 is 0 Å². The molecule has 1 aliphatic rings. The maximum Gasteiger partial charge on any atom is 0.240 e.